The largest absolute Gasteiger partial charge is 0.374 e. The fourth-order valence-electron chi connectivity index (χ4n) is 2.47. The van der Waals surface area contributed by atoms with Crippen molar-refractivity contribution in [3.63, 3.8) is 0 Å². The van der Waals surface area contributed by atoms with E-state index in [1.807, 2.05) is 60.0 Å². The molecule has 3 rings (SSSR count). The number of aliphatic hydroxyl groups excluding tert-OH is 2. The summed E-state index contributed by atoms with van der Waals surface area (Å²) < 4.78 is 2.87. The summed E-state index contributed by atoms with van der Waals surface area (Å²) in [5, 5.41) is 20.5. The molecule has 24 heavy (non-hydrogen) atoms. The molecule has 1 aromatic carbocycles. The number of fused-ring (bicyclic) bond motifs is 2. The lowest BCUT2D eigenvalue weighted by atomic mass is 10.2. The van der Waals surface area contributed by atoms with Crippen LogP contribution in [0.5, 0.6) is 0 Å². The molecule has 2 aliphatic rings. The van der Waals surface area contributed by atoms with Crippen LogP contribution in [-0.2, 0) is 0 Å². The van der Waals surface area contributed by atoms with Crippen molar-refractivity contribution in [2.45, 2.75) is 26.3 Å². The lowest BCUT2D eigenvalue weighted by Crippen LogP contribution is -2.33. The summed E-state index contributed by atoms with van der Waals surface area (Å²) in [6, 6.07) is 12.0. The Morgan fingerprint density at radius 3 is 2.54 bits per heavy atom. The van der Waals surface area contributed by atoms with Crippen molar-refractivity contribution in [3.05, 3.63) is 41.8 Å². The van der Waals surface area contributed by atoms with E-state index < -0.39 is 12.5 Å². The number of hydrogen-bond acceptors (Lipinski definition) is 5. The van der Waals surface area contributed by atoms with Gasteiger partial charge < -0.3 is 15.1 Å². The highest BCUT2D eigenvalue weighted by molar-refractivity contribution is 7.21. The number of hydrogen-bond donors (Lipinski definition) is 2. The summed E-state index contributed by atoms with van der Waals surface area (Å²) in [5.74, 6) is 0. The fraction of sp³-hybridized carbons (Fsp3) is 0.333. The summed E-state index contributed by atoms with van der Waals surface area (Å²) in [6.45, 7) is 3.48. The van der Waals surface area contributed by atoms with Crippen LogP contribution in [0.25, 0.3) is 20.8 Å². The van der Waals surface area contributed by atoms with Crippen LogP contribution >= 0.6 is 11.3 Å². The van der Waals surface area contributed by atoms with Crippen molar-refractivity contribution in [1.82, 2.24) is 9.56 Å². The molecule has 1 aromatic rings. The average Bonchev–Trinajstić information content (AvgIpc) is 2.57. The Hall–Kier alpha value is -2.02. The van der Waals surface area contributed by atoms with Gasteiger partial charge in [0.1, 0.15) is 13.3 Å². The first-order chi connectivity index (χ1) is 11.4. The standard InChI is InChI=1S/C18H22N3O2S/c1-11(22)20(3)13-5-7-15-17(9-13)24-18-10-14(21(4)12(2)23)6-8-16(18)19-15/h5-12,22-23H,1-4H3/q+1. The topological polar surface area (TPSA) is 59.6 Å². The molecule has 0 spiro atoms. The zero-order valence-electron chi connectivity index (χ0n) is 14.3. The fourth-order valence-corrected chi connectivity index (χ4v) is 3.51. The van der Waals surface area contributed by atoms with Gasteiger partial charge in [0.05, 0.1) is 20.8 Å². The molecule has 0 radical (unpaired) electrons. The van der Waals surface area contributed by atoms with Crippen molar-refractivity contribution in [2.24, 2.45) is 0 Å². The van der Waals surface area contributed by atoms with Crippen molar-refractivity contribution in [1.29, 1.82) is 0 Å². The van der Waals surface area contributed by atoms with Crippen LogP contribution in [0, 0.1) is 0 Å². The molecule has 1 aliphatic carbocycles. The van der Waals surface area contributed by atoms with Gasteiger partial charge in [-0.2, -0.15) is 0 Å². The van der Waals surface area contributed by atoms with Crippen LogP contribution in [0.3, 0.4) is 0 Å². The van der Waals surface area contributed by atoms with Gasteiger partial charge in [-0.15, -0.1) is 11.3 Å². The second kappa shape index (κ2) is 6.47. The second-order valence-corrected chi connectivity index (χ2v) is 7.09. The van der Waals surface area contributed by atoms with E-state index in [4.69, 9.17) is 4.98 Å². The van der Waals surface area contributed by atoms with Gasteiger partial charge in [-0.05, 0) is 31.2 Å². The van der Waals surface area contributed by atoms with E-state index in [2.05, 4.69) is 0 Å². The predicted octanol–water partition coefficient (Wildman–Crippen LogP) is 1.92. The monoisotopic (exact) mass is 344 g/mol. The Morgan fingerprint density at radius 2 is 1.88 bits per heavy atom. The minimum atomic E-state index is -0.549. The van der Waals surface area contributed by atoms with Crippen LogP contribution in [0.15, 0.2) is 36.4 Å². The Balaban J connectivity index is 2.20. The van der Waals surface area contributed by atoms with Crippen molar-refractivity contribution in [3.8, 4) is 10.6 Å². The zero-order valence-corrected chi connectivity index (χ0v) is 15.1. The maximum absolute atomic E-state index is 9.75. The first kappa shape index (κ1) is 16.8. The minimum Gasteiger partial charge on any atom is -0.374 e. The number of nitrogens with zero attached hydrogens (tertiary/aromatic N) is 3. The summed E-state index contributed by atoms with van der Waals surface area (Å²) in [7, 11) is 3.72. The predicted molar refractivity (Wildman–Crippen MR) is 99.2 cm³/mol. The van der Waals surface area contributed by atoms with E-state index >= 15 is 0 Å². The maximum atomic E-state index is 9.75. The minimum absolute atomic E-state index is 0.549. The second-order valence-electron chi connectivity index (χ2n) is 6.00. The molecule has 6 heteroatoms. The number of aliphatic hydroxyl groups is 2. The van der Waals surface area contributed by atoms with Crippen LogP contribution < -0.4 is 14.8 Å². The SMILES string of the molecule is CC(O)N(C)c1ccc2nc3ccc(=[N+](C)C(C)O)cc-3sc2c1. The molecule has 5 nitrogen and oxygen atoms in total. The van der Waals surface area contributed by atoms with Gasteiger partial charge in [-0.3, -0.25) is 0 Å². The summed E-state index contributed by atoms with van der Waals surface area (Å²) in [5.41, 5.74) is 2.82. The van der Waals surface area contributed by atoms with Crippen LogP contribution in [0.2, 0.25) is 0 Å². The molecule has 0 saturated carbocycles. The highest BCUT2D eigenvalue weighted by Crippen LogP contribution is 2.31. The summed E-state index contributed by atoms with van der Waals surface area (Å²) in [6.07, 6.45) is -1.10. The first-order valence-electron chi connectivity index (χ1n) is 7.86. The van der Waals surface area contributed by atoms with Crippen molar-refractivity contribution < 1.29 is 10.2 Å². The molecule has 126 valence electrons. The molecular weight excluding hydrogens is 322 g/mol. The molecule has 1 aliphatic heterocycles. The molecule has 0 bridgehead atoms. The normalized spacial score (nSPS) is 15.4. The van der Waals surface area contributed by atoms with Gasteiger partial charge in [0, 0.05) is 31.8 Å². The molecule has 2 atom stereocenters. The maximum Gasteiger partial charge on any atom is 0.252 e. The van der Waals surface area contributed by atoms with E-state index in [-0.39, 0.29) is 0 Å². The smallest absolute Gasteiger partial charge is 0.252 e. The van der Waals surface area contributed by atoms with E-state index in [9.17, 15) is 10.2 Å². The summed E-state index contributed by atoms with van der Waals surface area (Å²) in [4.78, 5) is 7.59. The number of benzene rings is 2. The number of anilines is 1. The van der Waals surface area contributed by atoms with E-state index in [0.29, 0.717) is 0 Å². The van der Waals surface area contributed by atoms with Gasteiger partial charge in [-0.25, -0.2) is 9.56 Å². The molecule has 0 amide bonds. The third-order valence-corrected chi connectivity index (χ3v) is 5.38. The molecule has 1 heterocycles. The van der Waals surface area contributed by atoms with Gasteiger partial charge in [-0.1, -0.05) is 0 Å². The first-order valence-corrected chi connectivity index (χ1v) is 8.68. The highest BCUT2D eigenvalue weighted by atomic mass is 32.1. The Bertz CT molecular complexity index is 918. The van der Waals surface area contributed by atoms with Gasteiger partial charge >= 0.3 is 0 Å². The Morgan fingerprint density at radius 1 is 1.12 bits per heavy atom. The van der Waals surface area contributed by atoms with E-state index in [0.717, 1.165) is 31.8 Å². The molecule has 2 N–H and O–H groups in total. The van der Waals surface area contributed by atoms with Crippen LogP contribution in [0.1, 0.15) is 13.8 Å². The zero-order chi connectivity index (χ0) is 17.4. The van der Waals surface area contributed by atoms with E-state index in [1.165, 1.54) is 0 Å². The highest BCUT2D eigenvalue weighted by Gasteiger charge is 2.13. The number of aromatic nitrogens is 1. The number of rotatable bonds is 3. The van der Waals surface area contributed by atoms with Gasteiger partial charge in [0.25, 0.3) is 6.23 Å². The molecule has 0 fully saturated rings. The molecule has 0 saturated heterocycles. The van der Waals surface area contributed by atoms with Crippen molar-refractivity contribution in [2.75, 3.05) is 19.0 Å². The third-order valence-electron chi connectivity index (χ3n) is 4.28. The molecule has 0 aromatic heterocycles. The van der Waals surface area contributed by atoms with Crippen molar-refractivity contribution >= 4 is 27.2 Å². The lowest BCUT2D eigenvalue weighted by Gasteiger charge is -2.22. The Kier molecular flexibility index (Phi) is 4.54. The molecule has 2 unspecified atom stereocenters. The average molecular weight is 344 g/mol. The third kappa shape index (κ3) is 3.13. The lowest BCUT2D eigenvalue weighted by molar-refractivity contribution is 0.141. The summed E-state index contributed by atoms with van der Waals surface area (Å²) >= 11 is 1.66. The van der Waals surface area contributed by atoms with E-state index in [1.54, 1.807) is 25.2 Å². The van der Waals surface area contributed by atoms with Crippen LogP contribution in [-0.4, -0.2) is 41.7 Å². The quantitative estimate of drug-likeness (QED) is 0.433. The van der Waals surface area contributed by atoms with Crippen LogP contribution in [0.4, 0.5) is 5.69 Å². The Labute approximate surface area is 145 Å². The molecular formula is C18H22N3O2S+. The van der Waals surface area contributed by atoms with Gasteiger partial charge in [0.2, 0.25) is 5.36 Å². The van der Waals surface area contributed by atoms with Gasteiger partial charge in [0.15, 0.2) is 0 Å².